The van der Waals surface area contributed by atoms with Gasteiger partial charge in [-0.3, -0.25) is 0 Å². The zero-order chi connectivity index (χ0) is 13.1. The minimum absolute atomic E-state index is 0.0212. The Balaban J connectivity index is 2.30. The second kappa shape index (κ2) is 5.06. The predicted molar refractivity (Wildman–Crippen MR) is 68.1 cm³/mol. The molecule has 92 valence electrons. The third-order valence-corrected chi connectivity index (χ3v) is 2.59. The van der Waals surface area contributed by atoms with Crippen LogP contribution in [0.1, 0.15) is 10.4 Å². The number of halogens is 2. The Hall–Kier alpha value is -2.07. The van der Waals surface area contributed by atoms with Gasteiger partial charge in [-0.05, 0) is 42.5 Å². The molecule has 2 N–H and O–H groups in total. The molecule has 0 amide bonds. The summed E-state index contributed by atoms with van der Waals surface area (Å²) in [6.45, 7) is 0. The maximum absolute atomic E-state index is 13.5. The quantitative estimate of drug-likeness (QED) is 0.884. The third kappa shape index (κ3) is 2.78. The van der Waals surface area contributed by atoms with Crippen LogP contribution in [0.2, 0.25) is 5.02 Å². The van der Waals surface area contributed by atoms with Crippen LogP contribution in [-0.2, 0) is 0 Å². The normalized spacial score (nSPS) is 10.1. The largest absolute Gasteiger partial charge is 0.478 e. The summed E-state index contributed by atoms with van der Waals surface area (Å²) >= 11 is 5.73. The number of carboxylic acids is 1. The van der Waals surface area contributed by atoms with Gasteiger partial charge in [-0.2, -0.15) is 0 Å². The molecular weight excluding hydrogens is 257 g/mol. The smallest absolute Gasteiger partial charge is 0.335 e. The molecule has 3 nitrogen and oxygen atoms in total. The van der Waals surface area contributed by atoms with E-state index < -0.39 is 11.8 Å². The summed E-state index contributed by atoms with van der Waals surface area (Å²) < 4.78 is 13.5. The number of anilines is 2. The number of hydrogen-bond donors (Lipinski definition) is 2. The van der Waals surface area contributed by atoms with Crippen LogP contribution in [0.4, 0.5) is 15.8 Å². The lowest BCUT2D eigenvalue weighted by molar-refractivity contribution is 0.0697. The van der Waals surface area contributed by atoms with E-state index in [4.69, 9.17) is 16.7 Å². The van der Waals surface area contributed by atoms with Gasteiger partial charge in [0.05, 0.1) is 11.3 Å². The lowest BCUT2D eigenvalue weighted by atomic mass is 10.2. The second-order valence-electron chi connectivity index (χ2n) is 3.63. The van der Waals surface area contributed by atoms with Gasteiger partial charge in [0.2, 0.25) is 0 Å². The van der Waals surface area contributed by atoms with Crippen molar-refractivity contribution in [3.05, 3.63) is 58.9 Å². The van der Waals surface area contributed by atoms with Crippen molar-refractivity contribution in [3.8, 4) is 0 Å². The Morgan fingerprint density at radius 2 is 1.83 bits per heavy atom. The van der Waals surface area contributed by atoms with Crippen LogP contribution in [0.15, 0.2) is 42.5 Å². The number of nitrogens with one attached hydrogen (secondary N) is 1. The highest BCUT2D eigenvalue weighted by atomic mass is 35.5. The molecule has 2 aromatic carbocycles. The number of carboxylic acid groups (broad SMARTS) is 1. The van der Waals surface area contributed by atoms with Crippen molar-refractivity contribution < 1.29 is 14.3 Å². The molecule has 0 unspecified atom stereocenters. The molecule has 0 aliphatic rings. The van der Waals surface area contributed by atoms with Gasteiger partial charge in [0.25, 0.3) is 0 Å². The molecule has 0 bridgehead atoms. The minimum atomic E-state index is -1.10. The van der Waals surface area contributed by atoms with Crippen molar-refractivity contribution in [1.82, 2.24) is 0 Å². The highest BCUT2D eigenvalue weighted by Crippen LogP contribution is 2.22. The Morgan fingerprint density at radius 1 is 1.17 bits per heavy atom. The molecule has 0 aromatic heterocycles. The number of benzene rings is 2. The molecule has 0 atom stereocenters. The molecule has 0 aliphatic carbocycles. The monoisotopic (exact) mass is 265 g/mol. The Morgan fingerprint density at radius 3 is 2.44 bits per heavy atom. The fourth-order valence-electron chi connectivity index (χ4n) is 1.44. The van der Waals surface area contributed by atoms with Crippen LogP contribution in [0.25, 0.3) is 0 Å². The van der Waals surface area contributed by atoms with Crippen molar-refractivity contribution in [2.45, 2.75) is 0 Å². The summed E-state index contributed by atoms with van der Waals surface area (Å²) in [5.41, 5.74) is 0.755. The average Bonchev–Trinajstić information content (AvgIpc) is 2.34. The first kappa shape index (κ1) is 12.4. The topological polar surface area (TPSA) is 49.3 Å². The van der Waals surface area contributed by atoms with Gasteiger partial charge in [-0.15, -0.1) is 0 Å². The summed E-state index contributed by atoms with van der Waals surface area (Å²) in [6.07, 6.45) is 0. The molecule has 0 saturated carbocycles. The minimum Gasteiger partial charge on any atom is -0.478 e. The highest BCUT2D eigenvalue weighted by Gasteiger charge is 2.08. The maximum Gasteiger partial charge on any atom is 0.335 e. The Kier molecular flexibility index (Phi) is 3.48. The van der Waals surface area contributed by atoms with Gasteiger partial charge in [-0.25, -0.2) is 9.18 Å². The van der Waals surface area contributed by atoms with Crippen LogP contribution < -0.4 is 5.32 Å². The van der Waals surface area contributed by atoms with Gasteiger partial charge >= 0.3 is 5.97 Å². The molecule has 0 heterocycles. The first-order valence-electron chi connectivity index (χ1n) is 5.12. The van der Waals surface area contributed by atoms with Gasteiger partial charge in [0.15, 0.2) is 0 Å². The van der Waals surface area contributed by atoms with Crippen molar-refractivity contribution in [1.29, 1.82) is 0 Å². The van der Waals surface area contributed by atoms with Crippen LogP contribution >= 0.6 is 11.6 Å². The zero-order valence-electron chi connectivity index (χ0n) is 9.15. The van der Waals surface area contributed by atoms with Crippen molar-refractivity contribution in [2.24, 2.45) is 0 Å². The molecule has 5 heteroatoms. The van der Waals surface area contributed by atoms with E-state index in [0.717, 1.165) is 6.07 Å². The second-order valence-corrected chi connectivity index (χ2v) is 4.07. The standard InChI is InChI=1S/C13H9ClFNO2/c14-9-2-4-10(5-3-9)16-12-7-8(13(17)18)1-6-11(12)15/h1-7,16H,(H,17,18). The summed E-state index contributed by atoms with van der Waals surface area (Å²) in [7, 11) is 0. The van der Waals surface area contributed by atoms with Gasteiger partial charge in [0.1, 0.15) is 5.82 Å². The van der Waals surface area contributed by atoms with Crippen LogP contribution in [-0.4, -0.2) is 11.1 Å². The van der Waals surface area contributed by atoms with Crippen LogP contribution in [0.5, 0.6) is 0 Å². The summed E-state index contributed by atoms with van der Waals surface area (Å²) in [4.78, 5) is 10.8. The molecule has 2 aromatic rings. The lowest BCUT2D eigenvalue weighted by Gasteiger charge is -2.08. The lowest BCUT2D eigenvalue weighted by Crippen LogP contribution is -2.00. The van der Waals surface area contributed by atoms with Gasteiger partial charge < -0.3 is 10.4 Å². The molecule has 0 fully saturated rings. The van der Waals surface area contributed by atoms with Crippen LogP contribution in [0, 0.1) is 5.82 Å². The summed E-state index contributed by atoms with van der Waals surface area (Å²) in [5, 5.41) is 12.2. The third-order valence-electron chi connectivity index (χ3n) is 2.34. The molecule has 0 spiro atoms. The number of rotatable bonds is 3. The van der Waals surface area contributed by atoms with E-state index in [2.05, 4.69) is 5.32 Å². The highest BCUT2D eigenvalue weighted by molar-refractivity contribution is 6.30. The fraction of sp³-hybridized carbons (Fsp3) is 0. The first-order chi connectivity index (χ1) is 8.56. The molecular formula is C13H9ClFNO2. The fourth-order valence-corrected chi connectivity index (χ4v) is 1.57. The zero-order valence-corrected chi connectivity index (χ0v) is 9.91. The maximum atomic E-state index is 13.5. The van der Waals surface area contributed by atoms with E-state index in [1.54, 1.807) is 24.3 Å². The van der Waals surface area contributed by atoms with E-state index >= 15 is 0 Å². The molecule has 0 aliphatic heterocycles. The predicted octanol–water partition coefficient (Wildman–Crippen LogP) is 3.92. The van der Waals surface area contributed by atoms with E-state index in [1.807, 2.05) is 0 Å². The number of aromatic carboxylic acids is 1. The SMILES string of the molecule is O=C(O)c1ccc(F)c(Nc2ccc(Cl)cc2)c1. The average molecular weight is 266 g/mol. The first-order valence-corrected chi connectivity index (χ1v) is 5.49. The summed E-state index contributed by atoms with van der Waals surface area (Å²) in [6, 6.07) is 10.2. The summed E-state index contributed by atoms with van der Waals surface area (Å²) in [5.74, 6) is -1.62. The number of hydrogen-bond acceptors (Lipinski definition) is 2. The molecule has 2 rings (SSSR count). The molecule has 0 saturated heterocycles. The van der Waals surface area contributed by atoms with E-state index in [0.29, 0.717) is 10.7 Å². The number of carbonyl (C=O) groups is 1. The van der Waals surface area contributed by atoms with E-state index in [1.165, 1.54) is 12.1 Å². The molecule has 18 heavy (non-hydrogen) atoms. The van der Waals surface area contributed by atoms with E-state index in [9.17, 15) is 9.18 Å². The van der Waals surface area contributed by atoms with Gasteiger partial charge in [0, 0.05) is 10.7 Å². The Labute approximate surface area is 108 Å². The Bertz CT molecular complexity index is 584. The van der Waals surface area contributed by atoms with E-state index in [-0.39, 0.29) is 11.3 Å². The van der Waals surface area contributed by atoms with Crippen LogP contribution in [0.3, 0.4) is 0 Å². The molecule has 0 radical (unpaired) electrons. The van der Waals surface area contributed by atoms with Crippen molar-refractivity contribution in [2.75, 3.05) is 5.32 Å². The van der Waals surface area contributed by atoms with Gasteiger partial charge in [-0.1, -0.05) is 11.6 Å². The van der Waals surface area contributed by atoms with Crippen molar-refractivity contribution in [3.63, 3.8) is 0 Å². The van der Waals surface area contributed by atoms with Crippen molar-refractivity contribution >= 4 is 28.9 Å².